The lowest BCUT2D eigenvalue weighted by Crippen LogP contribution is -2.25. The number of amides is 1. The molecule has 2 fully saturated rings. The van der Waals surface area contributed by atoms with Crippen LogP contribution < -0.4 is 15.5 Å². The molecule has 2 saturated heterocycles. The lowest BCUT2D eigenvalue weighted by atomic mass is 10.1. The molecular formula is C15H21N3O. The van der Waals surface area contributed by atoms with Crippen LogP contribution in [0.2, 0.25) is 0 Å². The van der Waals surface area contributed by atoms with Crippen molar-refractivity contribution in [3.05, 3.63) is 24.3 Å². The minimum absolute atomic E-state index is 0.198. The zero-order chi connectivity index (χ0) is 13.2. The van der Waals surface area contributed by atoms with Crippen molar-refractivity contribution < 1.29 is 4.79 Å². The van der Waals surface area contributed by atoms with Crippen molar-refractivity contribution in [1.82, 2.24) is 0 Å². The molecule has 1 aromatic rings. The van der Waals surface area contributed by atoms with Crippen LogP contribution in [0.3, 0.4) is 0 Å². The second kappa shape index (κ2) is 5.21. The van der Waals surface area contributed by atoms with E-state index in [1.807, 2.05) is 4.90 Å². The van der Waals surface area contributed by atoms with Crippen LogP contribution >= 0.6 is 0 Å². The smallest absolute Gasteiger partial charge is 0.227 e. The van der Waals surface area contributed by atoms with Crippen molar-refractivity contribution in [3.63, 3.8) is 0 Å². The molecule has 2 aliphatic rings. The van der Waals surface area contributed by atoms with Crippen molar-refractivity contribution in [3.8, 4) is 0 Å². The normalized spacial score (nSPS) is 23.4. The molecule has 1 aromatic carbocycles. The first kappa shape index (κ1) is 12.5. The number of benzene rings is 1. The number of nitrogens with zero attached hydrogens (tertiary/aromatic N) is 2. The molecule has 0 aliphatic carbocycles. The Morgan fingerprint density at radius 3 is 2.32 bits per heavy atom. The quantitative estimate of drug-likeness (QED) is 0.897. The fourth-order valence-corrected chi connectivity index (χ4v) is 3.01. The molecule has 4 nitrogen and oxygen atoms in total. The van der Waals surface area contributed by atoms with Gasteiger partial charge in [0.05, 0.1) is 0 Å². The topological polar surface area (TPSA) is 49.6 Å². The number of rotatable bonds is 3. The Bertz CT molecular complexity index is 451. The second-order valence-corrected chi connectivity index (χ2v) is 5.52. The van der Waals surface area contributed by atoms with Crippen LogP contribution in [0.25, 0.3) is 0 Å². The molecule has 2 heterocycles. The number of carbonyl (C=O) groups excluding carboxylic acids is 1. The van der Waals surface area contributed by atoms with Gasteiger partial charge >= 0.3 is 0 Å². The Labute approximate surface area is 114 Å². The fourth-order valence-electron chi connectivity index (χ4n) is 3.01. The van der Waals surface area contributed by atoms with E-state index in [9.17, 15) is 4.79 Å². The van der Waals surface area contributed by atoms with E-state index in [1.54, 1.807) is 0 Å². The van der Waals surface area contributed by atoms with Gasteiger partial charge in [-0.3, -0.25) is 4.79 Å². The van der Waals surface area contributed by atoms with Crippen molar-refractivity contribution in [2.24, 2.45) is 11.7 Å². The Morgan fingerprint density at radius 2 is 1.74 bits per heavy atom. The van der Waals surface area contributed by atoms with E-state index in [-0.39, 0.29) is 5.91 Å². The monoisotopic (exact) mass is 259 g/mol. The fraction of sp³-hybridized carbons (Fsp3) is 0.533. The summed E-state index contributed by atoms with van der Waals surface area (Å²) in [6, 6.07) is 8.38. The van der Waals surface area contributed by atoms with Gasteiger partial charge in [-0.1, -0.05) is 0 Å². The molecule has 19 heavy (non-hydrogen) atoms. The highest BCUT2D eigenvalue weighted by atomic mass is 16.2. The molecule has 0 aromatic heterocycles. The summed E-state index contributed by atoms with van der Waals surface area (Å²) in [7, 11) is 0. The van der Waals surface area contributed by atoms with Crippen LogP contribution in [0.5, 0.6) is 0 Å². The van der Waals surface area contributed by atoms with E-state index in [4.69, 9.17) is 5.73 Å². The maximum absolute atomic E-state index is 11.9. The predicted molar refractivity (Wildman–Crippen MR) is 77.4 cm³/mol. The van der Waals surface area contributed by atoms with Crippen LogP contribution in [-0.2, 0) is 4.79 Å². The van der Waals surface area contributed by atoms with Crippen molar-refractivity contribution in [2.45, 2.75) is 19.3 Å². The third-order valence-corrected chi connectivity index (χ3v) is 4.17. The lowest BCUT2D eigenvalue weighted by molar-refractivity contribution is -0.117. The molecule has 2 aliphatic heterocycles. The highest BCUT2D eigenvalue weighted by molar-refractivity contribution is 5.95. The Hall–Kier alpha value is -1.55. The van der Waals surface area contributed by atoms with Crippen molar-refractivity contribution in [2.75, 3.05) is 36.0 Å². The summed E-state index contributed by atoms with van der Waals surface area (Å²) in [6.45, 7) is 3.65. The minimum Gasteiger partial charge on any atom is -0.372 e. The number of carbonyl (C=O) groups is 1. The van der Waals surface area contributed by atoms with Crippen LogP contribution in [0.1, 0.15) is 19.3 Å². The van der Waals surface area contributed by atoms with Gasteiger partial charge in [0.2, 0.25) is 5.91 Å². The predicted octanol–water partition coefficient (Wildman–Crippen LogP) is 1.60. The van der Waals surface area contributed by atoms with E-state index < -0.39 is 0 Å². The highest BCUT2D eigenvalue weighted by Crippen LogP contribution is 2.27. The first-order chi connectivity index (χ1) is 9.28. The van der Waals surface area contributed by atoms with Crippen molar-refractivity contribution >= 4 is 17.3 Å². The van der Waals surface area contributed by atoms with E-state index in [2.05, 4.69) is 29.2 Å². The first-order valence-corrected chi connectivity index (χ1v) is 7.13. The molecule has 4 heteroatoms. The van der Waals surface area contributed by atoms with Gasteiger partial charge in [-0.25, -0.2) is 0 Å². The van der Waals surface area contributed by atoms with Gasteiger partial charge in [-0.2, -0.15) is 0 Å². The van der Waals surface area contributed by atoms with Gasteiger partial charge in [0.15, 0.2) is 0 Å². The molecular weight excluding hydrogens is 238 g/mol. The summed E-state index contributed by atoms with van der Waals surface area (Å²) in [5, 5.41) is 0. The van der Waals surface area contributed by atoms with Crippen LogP contribution in [-0.4, -0.2) is 32.1 Å². The Kier molecular flexibility index (Phi) is 3.42. The zero-order valence-corrected chi connectivity index (χ0v) is 11.2. The Balaban J connectivity index is 1.73. The maximum atomic E-state index is 11.9. The molecule has 1 unspecified atom stereocenters. The average molecular weight is 259 g/mol. The summed E-state index contributed by atoms with van der Waals surface area (Å²) < 4.78 is 0. The van der Waals surface area contributed by atoms with Gasteiger partial charge in [-0.15, -0.1) is 0 Å². The van der Waals surface area contributed by atoms with Gasteiger partial charge in [0.25, 0.3) is 0 Å². The maximum Gasteiger partial charge on any atom is 0.227 e. The van der Waals surface area contributed by atoms with E-state index in [0.717, 1.165) is 25.3 Å². The second-order valence-electron chi connectivity index (χ2n) is 5.52. The van der Waals surface area contributed by atoms with Crippen molar-refractivity contribution in [1.29, 1.82) is 0 Å². The van der Waals surface area contributed by atoms with Gasteiger partial charge in [0.1, 0.15) is 0 Å². The lowest BCUT2D eigenvalue weighted by Gasteiger charge is -2.20. The molecule has 0 saturated carbocycles. The Morgan fingerprint density at radius 1 is 1.11 bits per heavy atom. The summed E-state index contributed by atoms with van der Waals surface area (Å²) in [5.41, 5.74) is 7.93. The molecule has 1 atom stereocenters. The number of hydrogen-bond donors (Lipinski definition) is 1. The first-order valence-electron chi connectivity index (χ1n) is 7.13. The molecule has 0 radical (unpaired) electrons. The molecule has 0 bridgehead atoms. The van der Waals surface area contributed by atoms with Gasteiger partial charge < -0.3 is 15.5 Å². The van der Waals surface area contributed by atoms with E-state index in [0.29, 0.717) is 18.9 Å². The number of hydrogen-bond acceptors (Lipinski definition) is 3. The third kappa shape index (κ3) is 2.45. The highest BCUT2D eigenvalue weighted by Gasteiger charge is 2.29. The minimum atomic E-state index is 0.198. The SMILES string of the molecule is NCC1CC(=O)N(c2ccc(N3CCCC3)cc2)C1. The van der Waals surface area contributed by atoms with Crippen LogP contribution in [0, 0.1) is 5.92 Å². The molecule has 2 N–H and O–H groups in total. The average Bonchev–Trinajstić information content (AvgIpc) is 3.08. The van der Waals surface area contributed by atoms with E-state index in [1.165, 1.54) is 18.5 Å². The van der Waals surface area contributed by atoms with Crippen LogP contribution in [0.4, 0.5) is 11.4 Å². The summed E-state index contributed by atoms with van der Waals surface area (Å²) >= 11 is 0. The zero-order valence-electron chi connectivity index (χ0n) is 11.2. The third-order valence-electron chi connectivity index (χ3n) is 4.17. The molecule has 0 spiro atoms. The largest absolute Gasteiger partial charge is 0.372 e. The van der Waals surface area contributed by atoms with E-state index >= 15 is 0 Å². The summed E-state index contributed by atoms with van der Waals surface area (Å²) in [6.07, 6.45) is 3.15. The van der Waals surface area contributed by atoms with Crippen LogP contribution in [0.15, 0.2) is 24.3 Å². The van der Waals surface area contributed by atoms with Gasteiger partial charge in [0, 0.05) is 37.4 Å². The molecule has 102 valence electrons. The summed E-state index contributed by atoms with van der Waals surface area (Å²) in [5.74, 6) is 0.509. The summed E-state index contributed by atoms with van der Waals surface area (Å²) in [4.78, 5) is 16.2. The molecule has 1 amide bonds. The number of anilines is 2. The standard InChI is InChI=1S/C15H21N3O/c16-10-12-9-15(19)18(11-12)14-5-3-13(4-6-14)17-7-1-2-8-17/h3-6,12H,1-2,7-11,16H2. The van der Waals surface area contributed by atoms with Gasteiger partial charge in [-0.05, 0) is 49.6 Å². The number of nitrogens with two attached hydrogens (primary N) is 1. The molecule has 3 rings (SSSR count).